The molecule has 4 aromatic rings. The summed E-state index contributed by atoms with van der Waals surface area (Å²) in [5.74, 6) is 0.803. The topological polar surface area (TPSA) is 309 Å². The zero-order chi connectivity index (χ0) is 55.7. The molecule has 2 unspecified atom stereocenters. The third-order valence-electron chi connectivity index (χ3n) is 9.95. The number of carbonyl (C=O) groups is 6. The minimum absolute atomic E-state index is 0. The van der Waals surface area contributed by atoms with Gasteiger partial charge in [-0.25, -0.2) is 14.5 Å². The summed E-state index contributed by atoms with van der Waals surface area (Å²) in [5.41, 5.74) is 6.25. The minimum Gasteiger partial charge on any atom is -0.433 e. The predicted octanol–water partition coefficient (Wildman–Crippen LogP) is 5.45. The summed E-state index contributed by atoms with van der Waals surface area (Å²) in [7, 11) is 0. The van der Waals surface area contributed by atoms with E-state index in [2.05, 4.69) is 104 Å². The maximum atomic E-state index is 12.6. The van der Waals surface area contributed by atoms with E-state index in [0.29, 0.717) is 51.5 Å². The Labute approximate surface area is 487 Å². The van der Waals surface area contributed by atoms with E-state index in [1.54, 1.807) is 0 Å². The van der Waals surface area contributed by atoms with E-state index < -0.39 is 45.5 Å². The predicted molar refractivity (Wildman–Crippen MR) is 300 cm³/mol. The average molecular weight is 1470 g/mol. The van der Waals surface area contributed by atoms with Crippen molar-refractivity contribution >= 4 is 107 Å². The molecule has 0 spiro atoms. The average Bonchev–Trinajstić information content (AvgIpc) is 3.87. The first kappa shape index (κ1) is 67.8. The molecule has 4 heterocycles. The van der Waals surface area contributed by atoms with Crippen LogP contribution in [0.3, 0.4) is 0 Å². The van der Waals surface area contributed by atoms with Crippen molar-refractivity contribution in [1.29, 1.82) is 0 Å². The number of ether oxygens (including phenoxy) is 4. The van der Waals surface area contributed by atoms with Crippen molar-refractivity contribution in [2.45, 2.75) is 70.3 Å². The van der Waals surface area contributed by atoms with E-state index >= 15 is 0 Å². The van der Waals surface area contributed by atoms with Gasteiger partial charge < -0.3 is 39.3 Å². The van der Waals surface area contributed by atoms with Gasteiger partial charge >= 0.3 is 62.7 Å². The quantitative estimate of drug-likeness (QED) is 0.0244. The monoisotopic (exact) mass is 1470 g/mol. The molecule has 77 heavy (non-hydrogen) atoms. The summed E-state index contributed by atoms with van der Waals surface area (Å²) in [5, 5.41) is 22.6. The first-order valence-corrected chi connectivity index (χ1v) is 37.6. The molecule has 6 rings (SSSR count). The number of pyridine rings is 2. The molecule has 24 nitrogen and oxygen atoms in total. The molecule has 0 aliphatic carbocycles. The molecule has 2 aliphatic heterocycles. The number of imide groups is 2. The Morgan fingerprint density at radius 2 is 1.14 bits per heavy atom. The molecule has 0 bridgehead atoms. The molecule has 2 aromatic carbocycles. The standard InChI is InChI=1S/C23H26N4O8S.C19H20N2O3S.C4H7ClN2O5.CH4.I3/c1-2-16-3-6-18(25-14-16)9-11-33-19-7-4-17(5-8-19)13-20-21(28)26(23(30)36-20)15-34-22(29)24-10-12-35-27(31)32;1-2-13-3-6-15(20-12-13)9-10-24-16-7-4-14(5-8-16)11-17-18(22)21-19(23)25-17;5-3-11-4(8)6-1-2-12-7(9)10;;1-3-2/h3-8,14,20H,2,9-13,15H2,1H3,(H,24,29);3-8,12,17H,2,9-11H2,1H3,(H,21,22,23);1-3H2,(H,6,8);1H4;/q;;;;-1. The molecular formula is C47H57ClI3N8O16S2-. The van der Waals surface area contributed by atoms with Crippen molar-refractivity contribution in [3.63, 3.8) is 0 Å². The number of thioether (sulfide) groups is 2. The molecule has 30 heteroatoms. The van der Waals surface area contributed by atoms with Gasteiger partial charge in [-0.3, -0.25) is 34.5 Å². The number of aryl methyl sites for hydroxylation is 2. The van der Waals surface area contributed by atoms with Gasteiger partial charge in [-0.15, -0.1) is 20.2 Å². The van der Waals surface area contributed by atoms with Gasteiger partial charge in [0, 0.05) is 49.7 Å². The molecular weight excluding hydrogens is 1410 g/mol. The number of hydrogen-bond acceptors (Lipinski definition) is 20. The van der Waals surface area contributed by atoms with E-state index in [4.69, 9.17) is 25.8 Å². The smallest absolute Gasteiger partial charge is 0.408 e. The molecule has 422 valence electrons. The van der Waals surface area contributed by atoms with E-state index in [9.17, 15) is 49.0 Å². The number of alkyl halides is 1. The number of alkyl carbamates (subject to hydrolysis) is 2. The van der Waals surface area contributed by atoms with Crippen LogP contribution in [0.1, 0.15) is 54.9 Å². The van der Waals surface area contributed by atoms with Gasteiger partial charge in [0.2, 0.25) is 11.8 Å². The number of benzene rings is 2. The van der Waals surface area contributed by atoms with Crippen LogP contribution in [-0.4, -0.2) is 122 Å². The summed E-state index contributed by atoms with van der Waals surface area (Å²) in [6.07, 6.45) is 6.35. The Hall–Kier alpha value is -5.26. The number of carbonyl (C=O) groups excluding carboxylic acids is 6. The molecule has 2 saturated heterocycles. The summed E-state index contributed by atoms with van der Waals surface area (Å²) >= 11 is 12.2. The summed E-state index contributed by atoms with van der Waals surface area (Å²) < 4.78 is 20.6. The minimum atomic E-state index is -0.988. The fourth-order valence-electron chi connectivity index (χ4n) is 6.14. The van der Waals surface area contributed by atoms with Crippen molar-refractivity contribution in [3.8, 4) is 11.5 Å². The number of aromatic nitrogens is 2. The maximum absolute atomic E-state index is 12.6. The number of nitrogens with one attached hydrogen (secondary N) is 3. The van der Waals surface area contributed by atoms with Crippen LogP contribution in [0, 0.1) is 20.2 Å². The van der Waals surface area contributed by atoms with E-state index in [1.807, 2.05) is 73.1 Å². The third-order valence-corrected chi connectivity index (χ3v) is 12.1. The fourth-order valence-corrected chi connectivity index (χ4v) is 8.11. The number of halogens is 4. The normalized spacial score (nSPS) is 14.1. The second-order valence-corrected chi connectivity index (χ2v) is 33.9. The molecule has 6 amide bonds. The van der Waals surface area contributed by atoms with Crippen molar-refractivity contribution < 1.29 is 80.8 Å². The number of hydrogen-bond donors (Lipinski definition) is 3. The van der Waals surface area contributed by atoms with E-state index in [1.165, 1.54) is 11.1 Å². The zero-order valence-corrected chi connectivity index (χ0v) is 49.6. The Morgan fingerprint density at radius 1 is 0.701 bits per heavy atom. The molecule has 2 fully saturated rings. The number of rotatable bonds is 25. The van der Waals surface area contributed by atoms with Gasteiger partial charge in [-0.2, -0.15) is 0 Å². The van der Waals surface area contributed by atoms with Gasteiger partial charge in [0.05, 0.1) is 23.7 Å². The van der Waals surface area contributed by atoms with Gasteiger partial charge in [0.15, 0.2) is 12.8 Å². The van der Waals surface area contributed by atoms with Crippen LogP contribution in [0.4, 0.5) is 19.2 Å². The van der Waals surface area contributed by atoms with Gasteiger partial charge in [-0.05, 0) is 84.3 Å². The van der Waals surface area contributed by atoms with Crippen LogP contribution in [0.2, 0.25) is 0 Å². The zero-order valence-electron chi connectivity index (χ0n) is 40.7. The molecule has 3 N–H and O–H groups in total. The van der Waals surface area contributed by atoms with Crippen LogP contribution < -0.4 is 38.7 Å². The largest absolute Gasteiger partial charge is 0.433 e. The van der Waals surface area contributed by atoms with Crippen LogP contribution in [-0.2, 0) is 67.3 Å². The summed E-state index contributed by atoms with van der Waals surface area (Å²) in [4.78, 5) is 107. The summed E-state index contributed by atoms with van der Waals surface area (Å²) in [6.45, 7) is 3.95. The molecule has 2 aliphatic rings. The Bertz CT molecular complexity index is 2480. The van der Waals surface area contributed by atoms with E-state index in [0.717, 1.165) is 76.0 Å². The van der Waals surface area contributed by atoms with E-state index in [-0.39, 0.29) is 56.2 Å². The van der Waals surface area contributed by atoms with Crippen LogP contribution in [0.25, 0.3) is 0 Å². The third kappa shape index (κ3) is 28.3. The number of amides is 6. The first-order chi connectivity index (χ1) is 36.6. The Morgan fingerprint density at radius 3 is 1.53 bits per heavy atom. The molecule has 2 aromatic heterocycles. The SMILES string of the molecule is C.CCc1ccc(CCOc2ccc(CC3SC(=O)N(COC(=O)NCCO[N+](=O)[O-])C3=O)cc2)nc1.CCc1ccc(CCOc2ccc(CC3SC(=O)NC3=O)cc2)nc1.I[I-]I.O=C(NCCO[N+](=O)[O-])OCCl. The first-order valence-electron chi connectivity index (χ1n) is 22.7. The molecule has 0 saturated carbocycles. The second kappa shape index (κ2) is 39.2. The second-order valence-electron chi connectivity index (χ2n) is 15.1. The summed E-state index contributed by atoms with van der Waals surface area (Å²) in [6, 6.07) is 22.9. The van der Waals surface area contributed by atoms with Gasteiger partial charge in [0.25, 0.3) is 20.7 Å². The number of nitrogens with zero attached hydrogens (tertiary/aromatic N) is 5. The van der Waals surface area contributed by atoms with Crippen molar-refractivity contribution in [3.05, 3.63) is 139 Å². The maximum Gasteiger partial charge on any atom is 0.408 e. The van der Waals surface area contributed by atoms with Crippen LogP contribution in [0.15, 0.2) is 85.2 Å². The molecule has 2 atom stereocenters. The van der Waals surface area contributed by atoms with Crippen molar-refractivity contribution in [2.75, 3.05) is 52.3 Å². The van der Waals surface area contributed by atoms with Crippen LogP contribution in [0.5, 0.6) is 11.5 Å². The Kier molecular flexibility index (Phi) is 34.5. The molecule has 0 radical (unpaired) electrons. The fraction of sp³-hybridized carbons (Fsp3) is 0.404. The van der Waals surface area contributed by atoms with Gasteiger partial charge in [0.1, 0.15) is 24.7 Å². The Balaban J connectivity index is 0.000000427. The van der Waals surface area contributed by atoms with Crippen molar-refractivity contribution in [1.82, 2.24) is 30.8 Å². The van der Waals surface area contributed by atoms with Crippen molar-refractivity contribution in [2.24, 2.45) is 0 Å². The van der Waals surface area contributed by atoms with Gasteiger partial charge in [-0.1, -0.05) is 92.8 Å². The van der Waals surface area contributed by atoms with Crippen LogP contribution >= 0.6 is 72.4 Å².